The second-order valence-corrected chi connectivity index (χ2v) is 5.60. The number of hydrogen-bond donors (Lipinski definition) is 1. The van der Waals surface area contributed by atoms with Gasteiger partial charge in [0.1, 0.15) is 5.52 Å². The number of ether oxygens (including phenoxy) is 1. The number of pyridine rings is 1. The Morgan fingerprint density at radius 3 is 3.05 bits per heavy atom. The molecule has 2 fully saturated rings. The van der Waals surface area contributed by atoms with E-state index >= 15 is 0 Å². The highest BCUT2D eigenvalue weighted by molar-refractivity contribution is 5.85. The van der Waals surface area contributed by atoms with Crippen molar-refractivity contribution in [2.45, 2.75) is 31.4 Å². The van der Waals surface area contributed by atoms with E-state index < -0.39 is 0 Å². The van der Waals surface area contributed by atoms with E-state index in [0.29, 0.717) is 12.1 Å². The summed E-state index contributed by atoms with van der Waals surface area (Å²) in [5.41, 5.74) is 2.06. The smallest absolute Gasteiger partial charge is 0.154 e. The minimum Gasteiger partial charge on any atom is -0.376 e. The maximum atomic E-state index is 5.86. The molecule has 1 saturated carbocycles. The number of aryl methyl sites for hydroxylation is 1. The van der Waals surface area contributed by atoms with Gasteiger partial charge in [0.2, 0.25) is 0 Å². The van der Waals surface area contributed by atoms with E-state index in [-0.39, 0.29) is 0 Å². The molecule has 1 aliphatic heterocycles. The summed E-state index contributed by atoms with van der Waals surface area (Å²) in [6.07, 6.45) is 7.72. The summed E-state index contributed by atoms with van der Waals surface area (Å²) in [5.74, 6) is 1.64. The van der Waals surface area contributed by atoms with E-state index in [4.69, 9.17) is 4.74 Å². The molecule has 0 aromatic carbocycles. The first-order valence-corrected chi connectivity index (χ1v) is 6.97. The molecule has 2 aliphatic rings. The molecule has 0 radical (unpaired) electrons. The fourth-order valence-corrected chi connectivity index (χ4v) is 3.00. The van der Waals surface area contributed by atoms with Gasteiger partial charge in [0, 0.05) is 19.9 Å². The van der Waals surface area contributed by atoms with Gasteiger partial charge in [-0.05, 0) is 31.2 Å². The molecule has 1 N–H and O–H groups in total. The number of rotatable bonds is 3. The molecule has 3 heterocycles. The summed E-state index contributed by atoms with van der Waals surface area (Å²) in [4.78, 5) is 8.90. The molecule has 1 aliphatic carbocycles. The van der Waals surface area contributed by atoms with Crippen LogP contribution in [0.25, 0.3) is 11.0 Å². The van der Waals surface area contributed by atoms with Gasteiger partial charge in [-0.25, -0.2) is 9.97 Å². The van der Waals surface area contributed by atoms with Gasteiger partial charge in [0.25, 0.3) is 0 Å². The zero-order valence-corrected chi connectivity index (χ0v) is 11.0. The summed E-state index contributed by atoms with van der Waals surface area (Å²) in [5, 5.41) is 3.56. The minimum absolute atomic E-state index is 0.362. The van der Waals surface area contributed by atoms with Gasteiger partial charge in [-0.2, -0.15) is 0 Å². The summed E-state index contributed by atoms with van der Waals surface area (Å²) in [7, 11) is 2.00. The first kappa shape index (κ1) is 11.2. The van der Waals surface area contributed by atoms with Gasteiger partial charge < -0.3 is 14.6 Å². The van der Waals surface area contributed by atoms with E-state index in [2.05, 4.69) is 15.3 Å². The van der Waals surface area contributed by atoms with E-state index in [1.165, 1.54) is 12.8 Å². The summed E-state index contributed by atoms with van der Waals surface area (Å²) in [6.45, 7) is 0.858. The third kappa shape index (κ3) is 1.89. The Hall–Kier alpha value is -1.62. The Balaban J connectivity index is 1.63. The highest BCUT2D eigenvalue weighted by atomic mass is 16.5. The predicted octanol–water partition coefficient (Wildman–Crippen LogP) is 1.95. The first-order chi connectivity index (χ1) is 9.33. The summed E-state index contributed by atoms with van der Waals surface area (Å²) < 4.78 is 7.88. The lowest BCUT2D eigenvalue weighted by atomic mass is 10.1. The molecular weight excluding hydrogens is 240 g/mol. The molecule has 2 atom stereocenters. The molecule has 4 rings (SSSR count). The van der Waals surface area contributed by atoms with Gasteiger partial charge in [0.05, 0.1) is 24.0 Å². The van der Waals surface area contributed by atoms with Crippen LogP contribution < -0.4 is 5.32 Å². The largest absolute Gasteiger partial charge is 0.376 e. The van der Waals surface area contributed by atoms with E-state index in [9.17, 15) is 0 Å². The third-order valence-electron chi connectivity index (χ3n) is 4.19. The lowest BCUT2D eigenvalue weighted by molar-refractivity contribution is 0.0898. The molecule has 100 valence electrons. The number of hydrogen-bond acceptors (Lipinski definition) is 4. The predicted molar refractivity (Wildman–Crippen MR) is 73.0 cm³/mol. The monoisotopic (exact) mass is 258 g/mol. The van der Waals surface area contributed by atoms with Crippen molar-refractivity contribution in [3.63, 3.8) is 0 Å². The number of aromatic nitrogens is 3. The van der Waals surface area contributed by atoms with Crippen molar-refractivity contribution >= 4 is 16.9 Å². The SMILES string of the molecule is Cn1cnc2c(NC3CCOC3C3CC3)nccc21. The van der Waals surface area contributed by atoms with Crippen LogP contribution in [0.1, 0.15) is 19.3 Å². The molecule has 2 aromatic rings. The van der Waals surface area contributed by atoms with E-state index in [1.54, 1.807) is 0 Å². The fraction of sp³-hybridized carbons (Fsp3) is 0.571. The zero-order chi connectivity index (χ0) is 12.8. The normalized spacial score (nSPS) is 27.0. The van der Waals surface area contributed by atoms with Crippen LogP contribution in [-0.2, 0) is 11.8 Å². The van der Waals surface area contributed by atoms with Gasteiger partial charge in [-0.3, -0.25) is 0 Å². The van der Waals surface area contributed by atoms with Gasteiger partial charge in [0.15, 0.2) is 5.82 Å². The van der Waals surface area contributed by atoms with Crippen molar-refractivity contribution in [1.82, 2.24) is 14.5 Å². The Labute approximate surface area is 112 Å². The third-order valence-corrected chi connectivity index (χ3v) is 4.19. The second kappa shape index (κ2) is 4.20. The lowest BCUT2D eigenvalue weighted by Gasteiger charge is -2.20. The van der Waals surface area contributed by atoms with Gasteiger partial charge >= 0.3 is 0 Å². The van der Waals surface area contributed by atoms with Crippen molar-refractivity contribution in [3.05, 3.63) is 18.6 Å². The maximum Gasteiger partial charge on any atom is 0.154 e. The van der Waals surface area contributed by atoms with Crippen LogP contribution in [0.3, 0.4) is 0 Å². The number of anilines is 1. The summed E-state index contributed by atoms with van der Waals surface area (Å²) >= 11 is 0. The molecule has 0 spiro atoms. The molecular formula is C14H18N4O. The van der Waals surface area contributed by atoms with Crippen LogP contribution >= 0.6 is 0 Å². The Bertz CT molecular complexity index is 605. The Morgan fingerprint density at radius 1 is 1.32 bits per heavy atom. The fourth-order valence-electron chi connectivity index (χ4n) is 3.00. The first-order valence-electron chi connectivity index (χ1n) is 6.97. The van der Waals surface area contributed by atoms with Crippen LogP contribution in [-0.4, -0.2) is 33.3 Å². The van der Waals surface area contributed by atoms with Crippen LogP contribution in [0.4, 0.5) is 5.82 Å². The Morgan fingerprint density at radius 2 is 2.21 bits per heavy atom. The highest BCUT2D eigenvalue weighted by Crippen LogP contribution is 2.39. The molecule has 0 amide bonds. The molecule has 1 saturated heterocycles. The standard InChI is InChI=1S/C14H18N4O/c1-18-8-16-12-11(18)4-6-15-14(12)17-10-5-7-19-13(10)9-2-3-9/h4,6,8-10,13H,2-3,5,7H2,1H3,(H,15,17). The van der Waals surface area contributed by atoms with Gasteiger partial charge in [-0.1, -0.05) is 0 Å². The highest BCUT2D eigenvalue weighted by Gasteiger charge is 2.40. The molecule has 5 heteroatoms. The van der Waals surface area contributed by atoms with Crippen LogP contribution in [0.15, 0.2) is 18.6 Å². The maximum absolute atomic E-state index is 5.86. The number of nitrogens with zero attached hydrogens (tertiary/aromatic N) is 3. The Kier molecular flexibility index (Phi) is 2.48. The molecule has 2 aromatic heterocycles. The van der Waals surface area contributed by atoms with E-state index in [0.717, 1.165) is 35.8 Å². The molecule has 5 nitrogen and oxygen atoms in total. The molecule has 2 unspecified atom stereocenters. The average molecular weight is 258 g/mol. The van der Waals surface area contributed by atoms with Crippen LogP contribution in [0.5, 0.6) is 0 Å². The van der Waals surface area contributed by atoms with Crippen LogP contribution in [0.2, 0.25) is 0 Å². The van der Waals surface area contributed by atoms with Crippen LogP contribution in [0, 0.1) is 5.92 Å². The van der Waals surface area contributed by atoms with Crippen molar-refractivity contribution in [2.75, 3.05) is 11.9 Å². The number of fused-ring (bicyclic) bond motifs is 1. The topological polar surface area (TPSA) is 52.0 Å². The average Bonchev–Trinajstić information content (AvgIpc) is 3.05. The quantitative estimate of drug-likeness (QED) is 0.914. The van der Waals surface area contributed by atoms with Crippen molar-refractivity contribution < 1.29 is 4.74 Å². The van der Waals surface area contributed by atoms with Crippen molar-refractivity contribution in [3.8, 4) is 0 Å². The van der Waals surface area contributed by atoms with Crippen molar-refractivity contribution in [2.24, 2.45) is 13.0 Å². The van der Waals surface area contributed by atoms with Gasteiger partial charge in [-0.15, -0.1) is 0 Å². The summed E-state index contributed by atoms with van der Waals surface area (Å²) in [6, 6.07) is 2.38. The lowest BCUT2D eigenvalue weighted by Crippen LogP contribution is -2.31. The zero-order valence-electron chi connectivity index (χ0n) is 11.0. The van der Waals surface area contributed by atoms with E-state index in [1.807, 2.05) is 30.2 Å². The molecule has 0 bridgehead atoms. The second-order valence-electron chi connectivity index (χ2n) is 5.60. The minimum atomic E-state index is 0.362. The molecule has 19 heavy (non-hydrogen) atoms. The number of nitrogens with one attached hydrogen (secondary N) is 1. The number of imidazole rings is 1. The van der Waals surface area contributed by atoms with Crippen molar-refractivity contribution in [1.29, 1.82) is 0 Å².